The average Bonchev–Trinajstić information content (AvgIpc) is 2.89. The molecular formula is C17H23N3O. The van der Waals surface area contributed by atoms with Gasteiger partial charge in [0.25, 0.3) is 5.91 Å². The van der Waals surface area contributed by atoms with Gasteiger partial charge in [-0.3, -0.25) is 4.79 Å². The van der Waals surface area contributed by atoms with Crippen molar-refractivity contribution in [2.45, 2.75) is 32.7 Å². The van der Waals surface area contributed by atoms with E-state index in [9.17, 15) is 4.79 Å². The Kier molecular flexibility index (Phi) is 3.72. The topological polar surface area (TPSA) is 56.9 Å². The van der Waals surface area contributed by atoms with Crippen LogP contribution in [0.4, 0.5) is 0 Å². The van der Waals surface area contributed by atoms with Gasteiger partial charge in [-0.15, -0.1) is 0 Å². The maximum Gasteiger partial charge on any atom is 0.253 e. The Balaban J connectivity index is 1.69. The first-order valence-electron chi connectivity index (χ1n) is 7.66. The van der Waals surface area contributed by atoms with Crippen LogP contribution in [0.25, 0.3) is 10.9 Å². The molecule has 1 saturated heterocycles. The number of amides is 1. The zero-order chi connectivity index (χ0) is 14.9. The van der Waals surface area contributed by atoms with Crippen LogP contribution < -0.4 is 10.6 Å². The van der Waals surface area contributed by atoms with Gasteiger partial charge < -0.3 is 15.6 Å². The summed E-state index contributed by atoms with van der Waals surface area (Å²) in [5.41, 5.74) is 1.95. The molecule has 1 atom stereocenters. The van der Waals surface area contributed by atoms with Gasteiger partial charge in [0.05, 0.1) is 5.56 Å². The van der Waals surface area contributed by atoms with E-state index in [1.807, 2.05) is 24.3 Å². The number of nitrogens with one attached hydrogen (secondary N) is 3. The predicted octanol–water partition coefficient (Wildman–Crippen LogP) is 2.68. The van der Waals surface area contributed by atoms with Crippen LogP contribution in [0.3, 0.4) is 0 Å². The molecule has 21 heavy (non-hydrogen) atoms. The molecule has 1 aliphatic rings. The van der Waals surface area contributed by atoms with Crippen molar-refractivity contribution in [3.8, 4) is 0 Å². The highest BCUT2D eigenvalue weighted by Crippen LogP contribution is 2.29. The smallest absolute Gasteiger partial charge is 0.253 e. The van der Waals surface area contributed by atoms with Gasteiger partial charge in [0.2, 0.25) is 0 Å². The van der Waals surface area contributed by atoms with Gasteiger partial charge in [0.15, 0.2) is 0 Å². The minimum atomic E-state index is -0.00405. The van der Waals surface area contributed by atoms with Gasteiger partial charge in [-0.25, -0.2) is 0 Å². The molecule has 0 spiro atoms. The molecule has 1 aromatic heterocycles. The number of fused-ring (bicyclic) bond motifs is 1. The van der Waals surface area contributed by atoms with E-state index in [1.54, 1.807) is 6.20 Å². The molecule has 0 bridgehead atoms. The summed E-state index contributed by atoms with van der Waals surface area (Å²) >= 11 is 0. The highest BCUT2D eigenvalue weighted by molar-refractivity contribution is 6.06. The maximum absolute atomic E-state index is 12.4. The highest BCUT2D eigenvalue weighted by atomic mass is 16.1. The van der Waals surface area contributed by atoms with Crippen molar-refractivity contribution in [1.29, 1.82) is 0 Å². The molecule has 0 saturated carbocycles. The molecule has 112 valence electrons. The number of para-hydroxylation sites is 1. The molecule has 1 aromatic carbocycles. The summed E-state index contributed by atoms with van der Waals surface area (Å²) < 4.78 is 0. The van der Waals surface area contributed by atoms with Crippen LogP contribution in [0.15, 0.2) is 30.5 Å². The SMILES string of the molecule is CC1(C)CCCNC1CNC(=O)c1c[nH]c2ccccc12. The van der Waals surface area contributed by atoms with Crippen molar-refractivity contribution in [3.05, 3.63) is 36.0 Å². The van der Waals surface area contributed by atoms with Crippen LogP contribution in [-0.2, 0) is 0 Å². The zero-order valence-electron chi connectivity index (χ0n) is 12.7. The first-order valence-corrected chi connectivity index (χ1v) is 7.66. The molecule has 1 aliphatic heterocycles. The van der Waals surface area contributed by atoms with E-state index >= 15 is 0 Å². The number of H-pyrrole nitrogens is 1. The third kappa shape index (κ3) is 2.81. The fraction of sp³-hybridized carbons (Fsp3) is 0.471. The third-order valence-corrected chi connectivity index (χ3v) is 4.63. The summed E-state index contributed by atoms with van der Waals surface area (Å²) in [6.07, 6.45) is 4.20. The van der Waals surface area contributed by atoms with Gasteiger partial charge in [-0.2, -0.15) is 0 Å². The van der Waals surface area contributed by atoms with Crippen LogP contribution >= 0.6 is 0 Å². The third-order valence-electron chi connectivity index (χ3n) is 4.63. The van der Waals surface area contributed by atoms with Gasteiger partial charge in [0.1, 0.15) is 0 Å². The molecule has 4 nitrogen and oxygen atoms in total. The molecule has 1 unspecified atom stereocenters. The lowest BCUT2D eigenvalue weighted by Gasteiger charge is -2.39. The maximum atomic E-state index is 12.4. The minimum Gasteiger partial charge on any atom is -0.360 e. The van der Waals surface area contributed by atoms with E-state index < -0.39 is 0 Å². The quantitative estimate of drug-likeness (QED) is 0.812. The number of hydrogen-bond acceptors (Lipinski definition) is 2. The Bertz CT molecular complexity index is 644. The van der Waals surface area contributed by atoms with Crippen LogP contribution in [-0.4, -0.2) is 30.0 Å². The fourth-order valence-electron chi connectivity index (χ4n) is 3.17. The summed E-state index contributed by atoms with van der Waals surface area (Å²) in [7, 11) is 0. The van der Waals surface area contributed by atoms with Crippen molar-refractivity contribution >= 4 is 16.8 Å². The van der Waals surface area contributed by atoms with Crippen molar-refractivity contribution < 1.29 is 4.79 Å². The Hall–Kier alpha value is -1.81. The number of carbonyl (C=O) groups excluding carboxylic acids is 1. The largest absolute Gasteiger partial charge is 0.360 e. The molecular weight excluding hydrogens is 262 g/mol. The summed E-state index contributed by atoms with van der Waals surface area (Å²) in [6, 6.07) is 8.22. The highest BCUT2D eigenvalue weighted by Gasteiger charge is 2.32. The Labute approximate surface area is 125 Å². The molecule has 2 aromatic rings. The second-order valence-corrected chi connectivity index (χ2v) is 6.56. The molecule has 1 fully saturated rings. The van der Waals surface area contributed by atoms with Crippen molar-refractivity contribution in [3.63, 3.8) is 0 Å². The standard InChI is InChI=1S/C17H23N3O/c1-17(2)8-5-9-18-15(17)11-20-16(21)13-10-19-14-7-4-3-6-12(13)14/h3-4,6-7,10,15,18-19H,5,8-9,11H2,1-2H3,(H,20,21). The summed E-state index contributed by atoms with van der Waals surface area (Å²) in [4.78, 5) is 15.6. The van der Waals surface area contributed by atoms with E-state index in [0.717, 1.165) is 23.0 Å². The number of rotatable bonds is 3. The second-order valence-electron chi connectivity index (χ2n) is 6.56. The fourth-order valence-corrected chi connectivity index (χ4v) is 3.17. The number of aromatic amines is 1. The van der Waals surface area contributed by atoms with E-state index in [1.165, 1.54) is 12.8 Å². The lowest BCUT2D eigenvalue weighted by Crippen LogP contribution is -2.52. The summed E-state index contributed by atoms with van der Waals surface area (Å²) in [5.74, 6) is -0.00405. The Morgan fingerprint density at radius 2 is 2.19 bits per heavy atom. The molecule has 0 aliphatic carbocycles. The number of aromatic nitrogens is 1. The van der Waals surface area contributed by atoms with Crippen LogP contribution in [0.5, 0.6) is 0 Å². The molecule has 2 heterocycles. The van der Waals surface area contributed by atoms with E-state index in [0.29, 0.717) is 12.6 Å². The average molecular weight is 285 g/mol. The van der Waals surface area contributed by atoms with Gasteiger partial charge >= 0.3 is 0 Å². The molecule has 3 N–H and O–H groups in total. The van der Waals surface area contributed by atoms with E-state index in [4.69, 9.17) is 0 Å². The Morgan fingerprint density at radius 3 is 3.00 bits per heavy atom. The number of piperidine rings is 1. The van der Waals surface area contributed by atoms with Gasteiger partial charge in [-0.1, -0.05) is 32.0 Å². The Morgan fingerprint density at radius 1 is 1.38 bits per heavy atom. The van der Waals surface area contributed by atoms with E-state index in [-0.39, 0.29) is 11.3 Å². The normalized spacial score (nSPS) is 21.3. The molecule has 3 rings (SSSR count). The molecule has 1 amide bonds. The van der Waals surface area contributed by atoms with Crippen molar-refractivity contribution in [2.75, 3.05) is 13.1 Å². The molecule has 0 radical (unpaired) electrons. The summed E-state index contributed by atoms with van der Waals surface area (Å²) in [6.45, 7) is 6.24. The number of carbonyl (C=O) groups is 1. The van der Waals surface area contributed by atoms with Gasteiger partial charge in [-0.05, 0) is 30.9 Å². The van der Waals surface area contributed by atoms with Crippen molar-refractivity contribution in [1.82, 2.24) is 15.6 Å². The predicted molar refractivity (Wildman–Crippen MR) is 85.4 cm³/mol. The van der Waals surface area contributed by atoms with Crippen LogP contribution in [0.2, 0.25) is 0 Å². The van der Waals surface area contributed by atoms with E-state index in [2.05, 4.69) is 29.5 Å². The first-order chi connectivity index (χ1) is 10.1. The lowest BCUT2D eigenvalue weighted by molar-refractivity contribution is 0.0930. The second kappa shape index (κ2) is 5.53. The summed E-state index contributed by atoms with van der Waals surface area (Å²) in [5, 5.41) is 7.58. The first kappa shape index (κ1) is 14.1. The minimum absolute atomic E-state index is 0.00405. The van der Waals surface area contributed by atoms with Crippen molar-refractivity contribution in [2.24, 2.45) is 5.41 Å². The zero-order valence-corrected chi connectivity index (χ0v) is 12.7. The molecule has 4 heteroatoms. The number of hydrogen-bond donors (Lipinski definition) is 3. The number of benzene rings is 1. The van der Waals surface area contributed by atoms with Crippen LogP contribution in [0.1, 0.15) is 37.0 Å². The van der Waals surface area contributed by atoms with Gasteiger partial charge in [0, 0.05) is 29.7 Å². The van der Waals surface area contributed by atoms with Crippen LogP contribution in [0, 0.1) is 5.41 Å². The lowest BCUT2D eigenvalue weighted by atomic mass is 9.77. The monoisotopic (exact) mass is 285 g/mol.